The van der Waals surface area contributed by atoms with Crippen LogP contribution in [0.15, 0.2) is 54.7 Å². The van der Waals surface area contributed by atoms with E-state index in [9.17, 15) is 0 Å². The quantitative estimate of drug-likeness (QED) is 0.766. The van der Waals surface area contributed by atoms with Gasteiger partial charge in [-0.3, -0.25) is 0 Å². The Bertz CT molecular complexity index is 753. The number of benzene rings is 2. The van der Waals surface area contributed by atoms with Crippen molar-refractivity contribution < 1.29 is 4.74 Å². The molecule has 0 saturated heterocycles. The van der Waals surface area contributed by atoms with Gasteiger partial charge in [-0.15, -0.1) is 0 Å². The molecule has 0 aliphatic carbocycles. The fourth-order valence-electron chi connectivity index (χ4n) is 2.30. The Morgan fingerprint density at radius 3 is 2.60 bits per heavy atom. The van der Waals surface area contributed by atoms with Crippen LogP contribution in [-0.2, 0) is 0 Å². The Morgan fingerprint density at radius 2 is 1.80 bits per heavy atom. The van der Waals surface area contributed by atoms with Crippen LogP contribution in [-0.4, -0.2) is 12.1 Å². The molecule has 0 saturated carbocycles. The molecular weight excluding hydrogens is 248 g/mol. The number of aryl methyl sites for hydroxylation is 1. The molecule has 0 bridgehead atoms. The number of methoxy groups -OCH3 is 1. The number of hydrogen-bond acceptors (Lipinski definition) is 3. The van der Waals surface area contributed by atoms with Crippen LogP contribution >= 0.6 is 0 Å². The lowest BCUT2D eigenvalue weighted by atomic mass is 10.1. The summed E-state index contributed by atoms with van der Waals surface area (Å²) in [5, 5.41) is 5.51. The van der Waals surface area contributed by atoms with Gasteiger partial charge in [0.2, 0.25) is 0 Å². The first-order valence-electron chi connectivity index (χ1n) is 6.54. The van der Waals surface area contributed by atoms with Gasteiger partial charge >= 0.3 is 0 Å². The van der Waals surface area contributed by atoms with Crippen molar-refractivity contribution in [2.75, 3.05) is 12.4 Å². The summed E-state index contributed by atoms with van der Waals surface area (Å²) in [5.41, 5.74) is 2.25. The molecule has 2 aromatic carbocycles. The maximum atomic E-state index is 5.40. The van der Waals surface area contributed by atoms with E-state index < -0.39 is 0 Å². The highest BCUT2D eigenvalue weighted by molar-refractivity contribution is 5.97. The van der Waals surface area contributed by atoms with Crippen molar-refractivity contribution in [3.05, 3.63) is 60.3 Å². The Hall–Kier alpha value is -2.55. The monoisotopic (exact) mass is 264 g/mol. The normalized spacial score (nSPS) is 10.5. The van der Waals surface area contributed by atoms with E-state index >= 15 is 0 Å². The van der Waals surface area contributed by atoms with Crippen LogP contribution in [0.3, 0.4) is 0 Å². The van der Waals surface area contributed by atoms with Crippen LogP contribution in [0, 0.1) is 6.92 Å². The second-order valence-corrected chi connectivity index (χ2v) is 4.65. The van der Waals surface area contributed by atoms with E-state index in [1.54, 1.807) is 13.3 Å². The summed E-state index contributed by atoms with van der Waals surface area (Å²) >= 11 is 0. The number of rotatable bonds is 3. The summed E-state index contributed by atoms with van der Waals surface area (Å²) in [6.45, 7) is 2.08. The smallest absolute Gasteiger partial charge is 0.138 e. The van der Waals surface area contributed by atoms with Gasteiger partial charge in [-0.1, -0.05) is 30.3 Å². The number of nitrogens with one attached hydrogen (secondary N) is 1. The molecule has 0 spiro atoms. The highest BCUT2D eigenvalue weighted by Crippen LogP contribution is 2.31. The SMILES string of the molecule is COc1cccc2c(Nc3ccccc3C)nccc12. The lowest BCUT2D eigenvalue weighted by Crippen LogP contribution is -1.97. The van der Waals surface area contributed by atoms with Gasteiger partial charge in [-0.25, -0.2) is 4.98 Å². The largest absolute Gasteiger partial charge is 0.496 e. The molecule has 3 nitrogen and oxygen atoms in total. The molecule has 1 heterocycles. The first-order valence-corrected chi connectivity index (χ1v) is 6.54. The molecule has 3 heteroatoms. The van der Waals surface area contributed by atoms with Gasteiger partial charge in [0.05, 0.1) is 7.11 Å². The van der Waals surface area contributed by atoms with E-state index in [1.165, 1.54) is 5.56 Å². The van der Waals surface area contributed by atoms with E-state index in [4.69, 9.17) is 4.74 Å². The fourth-order valence-corrected chi connectivity index (χ4v) is 2.30. The molecule has 0 aliphatic rings. The number of anilines is 2. The average molecular weight is 264 g/mol. The predicted octanol–water partition coefficient (Wildman–Crippen LogP) is 4.30. The summed E-state index contributed by atoms with van der Waals surface area (Å²) in [4.78, 5) is 4.45. The molecule has 0 fully saturated rings. The molecule has 0 amide bonds. The molecule has 0 atom stereocenters. The van der Waals surface area contributed by atoms with Crippen LogP contribution < -0.4 is 10.1 Å². The Kier molecular flexibility index (Phi) is 3.25. The van der Waals surface area contributed by atoms with Crippen molar-refractivity contribution in [3.8, 4) is 5.75 Å². The number of nitrogens with zero attached hydrogens (tertiary/aromatic N) is 1. The average Bonchev–Trinajstić information content (AvgIpc) is 2.49. The van der Waals surface area contributed by atoms with Crippen LogP contribution in [0.25, 0.3) is 10.8 Å². The van der Waals surface area contributed by atoms with Gasteiger partial charge in [0.15, 0.2) is 0 Å². The van der Waals surface area contributed by atoms with E-state index in [-0.39, 0.29) is 0 Å². The minimum absolute atomic E-state index is 0.843. The van der Waals surface area contributed by atoms with E-state index in [0.29, 0.717) is 0 Å². The standard InChI is InChI=1S/C17H16N2O/c1-12-6-3-4-8-15(12)19-17-14-7-5-9-16(20-2)13(14)10-11-18-17/h3-11H,1-2H3,(H,18,19). The van der Waals surface area contributed by atoms with E-state index in [0.717, 1.165) is 28.0 Å². The maximum Gasteiger partial charge on any atom is 0.138 e. The van der Waals surface area contributed by atoms with Gasteiger partial charge in [0.1, 0.15) is 11.6 Å². The molecule has 0 radical (unpaired) electrons. The van der Waals surface area contributed by atoms with Crippen LogP contribution in [0.2, 0.25) is 0 Å². The van der Waals surface area contributed by atoms with Crippen LogP contribution in [0.5, 0.6) is 5.75 Å². The Morgan fingerprint density at radius 1 is 0.950 bits per heavy atom. The minimum atomic E-state index is 0.843. The maximum absolute atomic E-state index is 5.40. The minimum Gasteiger partial charge on any atom is -0.496 e. The Balaban J connectivity index is 2.11. The van der Waals surface area contributed by atoms with Gasteiger partial charge in [-0.05, 0) is 30.7 Å². The zero-order valence-corrected chi connectivity index (χ0v) is 11.6. The Labute approximate surface area is 118 Å². The lowest BCUT2D eigenvalue weighted by molar-refractivity contribution is 0.420. The van der Waals surface area contributed by atoms with Crippen molar-refractivity contribution in [1.29, 1.82) is 0 Å². The molecule has 1 N–H and O–H groups in total. The van der Waals surface area contributed by atoms with Gasteiger partial charge in [-0.2, -0.15) is 0 Å². The summed E-state index contributed by atoms with van der Waals surface area (Å²) in [5.74, 6) is 1.70. The number of hydrogen-bond donors (Lipinski definition) is 1. The third-order valence-corrected chi connectivity index (χ3v) is 3.38. The van der Waals surface area contributed by atoms with Gasteiger partial charge in [0.25, 0.3) is 0 Å². The fraction of sp³-hybridized carbons (Fsp3) is 0.118. The number of para-hydroxylation sites is 1. The number of fused-ring (bicyclic) bond motifs is 1. The van der Waals surface area contributed by atoms with Gasteiger partial charge < -0.3 is 10.1 Å². The molecule has 3 aromatic rings. The number of aromatic nitrogens is 1. The summed E-state index contributed by atoms with van der Waals surface area (Å²) in [7, 11) is 1.68. The first kappa shape index (κ1) is 12.5. The molecule has 3 rings (SSSR count). The predicted molar refractivity (Wildman–Crippen MR) is 82.8 cm³/mol. The molecule has 1 aromatic heterocycles. The molecule has 20 heavy (non-hydrogen) atoms. The van der Waals surface area contributed by atoms with Crippen molar-refractivity contribution in [2.45, 2.75) is 6.92 Å². The van der Waals surface area contributed by atoms with Crippen molar-refractivity contribution in [3.63, 3.8) is 0 Å². The van der Waals surface area contributed by atoms with Crippen molar-refractivity contribution >= 4 is 22.3 Å². The third-order valence-electron chi connectivity index (χ3n) is 3.38. The van der Waals surface area contributed by atoms with Crippen LogP contribution in [0.1, 0.15) is 5.56 Å². The zero-order chi connectivity index (χ0) is 13.9. The van der Waals surface area contributed by atoms with Gasteiger partial charge in [0, 0.05) is 22.7 Å². The lowest BCUT2D eigenvalue weighted by Gasteiger charge is -2.12. The highest BCUT2D eigenvalue weighted by Gasteiger charge is 2.07. The highest BCUT2D eigenvalue weighted by atomic mass is 16.5. The molecular formula is C17H16N2O. The number of ether oxygens (including phenoxy) is 1. The summed E-state index contributed by atoms with van der Waals surface area (Å²) < 4.78 is 5.40. The zero-order valence-electron chi connectivity index (χ0n) is 11.6. The second-order valence-electron chi connectivity index (χ2n) is 4.65. The number of pyridine rings is 1. The molecule has 100 valence electrons. The van der Waals surface area contributed by atoms with Crippen molar-refractivity contribution in [1.82, 2.24) is 4.98 Å². The molecule has 0 unspecified atom stereocenters. The summed E-state index contributed by atoms with van der Waals surface area (Å²) in [6, 6.07) is 16.1. The molecule has 0 aliphatic heterocycles. The van der Waals surface area contributed by atoms with E-state index in [1.807, 2.05) is 36.4 Å². The summed E-state index contributed by atoms with van der Waals surface area (Å²) in [6.07, 6.45) is 1.80. The van der Waals surface area contributed by atoms with Crippen LogP contribution in [0.4, 0.5) is 11.5 Å². The van der Waals surface area contributed by atoms with E-state index in [2.05, 4.69) is 29.4 Å². The topological polar surface area (TPSA) is 34.1 Å². The van der Waals surface area contributed by atoms with Crippen molar-refractivity contribution in [2.24, 2.45) is 0 Å². The third kappa shape index (κ3) is 2.18. The second kappa shape index (κ2) is 5.21. The first-order chi connectivity index (χ1) is 9.79.